The van der Waals surface area contributed by atoms with Crippen LogP contribution in [0.25, 0.3) is 11.1 Å². The Morgan fingerprint density at radius 3 is 2.44 bits per heavy atom. The van der Waals surface area contributed by atoms with E-state index in [2.05, 4.69) is 26.1 Å². The number of rotatable bonds is 8. The van der Waals surface area contributed by atoms with Crippen LogP contribution in [0, 0.1) is 29.1 Å². The normalized spacial score (nSPS) is 32.3. The molecule has 0 spiro atoms. The summed E-state index contributed by atoms with van der Waals surface area (Å²) in [5.74, 6) is -0.166. The van der Waals surface area contributed by atoms with Crippen LogP contribution >= 0.6 is 0 Å². The van der Waals surface area contributed by atoms with Crippen molar-refractivity contribution >= 4 is 11.9 Å². The average Bonchev–Trinajstić information content (AvgIpc) is 3.28. The van der Waals surface area contributed by atoms with E-state index in [4.69, 9.17) is 4.84 Å². The van der Waals surface area contributed by atoms with E-state index in [9.17, 15) is 24.9 Å². The number of aliphatic hydroxyl groups excluding tert-OH is 2. The van der Waals surface area contributed by atoms with E-state index >= 15 is 0 Å². The highest BCUT2D eigenvalue weighted by atomic mass is 16.7. The van der Waals surface area contributed by atoms with Crippen molar-refractivity contribution in [1.82, 2.24) is 10.4 Å². The van der Waals surface area contributed by atoms with Gasteiger partial charge in [0, 0.05) is 12.0 Å². The highest BCUT2D eigenvalue weighted by Gasteiger charge is 2.57. The van der Waals surface area contributed by atoms with Gasteiger partial charge in [-0.2, -0.15) is 5.06 Å². The maximum absolute atomic E-state index is 13.8. The van der Waals surface area contributed by atoms with Crippen LogP contribution in [-0.4, -0.2) is 63.2 Å². The summed E-state index contributed by atoms with van der Waals surface area (Å²) in [5, 5.41) is 34.8. The topological polar surface area (TPSA) is 119 Å². The molecule has 4 N–H and O–H groups in total. The number of benzene rings is 2. The summed E-state index contributed by atoms with van der Waals surface area (Å²) in [6, 6.07) is 13.8. The molecule has 2 aromatic rings. The maximum atomic E-state index is 13.8. The van der Waals surface area contributed by atoms with Crippen molar-refractivity contribution in [3.8, 4) is 11.1 Å². The average molecular weight is 537 g/mol. The van der Waals surface area contributed by atoms with Crippen molar-refractivity contribution < 1.29 is 29.7 Å². The van der Waals surface area contributed by atoms with Gasteiger partial charge in [0.1, 0.15) is 12.1 Å². The Labute approximate surface area is 229 Å². The zero-order valence-electron chi connectivity index (χ0n) is 23.1. The molecule has 1 saturated heterocycles. The van der Waals surface area contributed by atoms with Gasteiger partial charge in [-0.3, -0.25) is 9.63 Å². The molecule has 3 saturated carbocycles. The molecule has 4 aliphatic rings. The van der Waals surface area contributed by atoms with Gasteiger partial charge in [0.15, 0.2) is 0 Å². The van der Waals surface area contributed by atoms with Crippen molar-refractivity contribution in [3.63, 3.8) is 0 Å². The first-order valence-corrected chi connectivity index (χ1v) is 14.0. The molecule has 1 amide bonds. The second-order valence-electron chi connectivity index (χ2n) is 12.3. The van der Waals surface area contributed by atoms with Gasteiger partial charge in [-0.15, -0.1) is 0 Å². The largest absolute Gasteiger partial charge is 0.478 e. The molecule has 8 atom stereocenters. The van der Waals surface area contributed by atoms with Crippen LogP contribution < -0.4 is 5.32 Å². The third-order valence-electron chi connectivity index (χ3n) is 9.79. The summed E-state index contributed by atoms with van der Waals surface area (Å²) >= 11 is 0. The monoisotopic (exact) mass is 536 g/mol. The Morgan fingerprint density at radius 2 is 1.85 bits per heavy atom. The van der Waals surface area contributed by atoms with E-state index in [-0.39, 0.29) is 30.7 Å². The third-order valence-corrected chi connectivity index (χ3v) is 9.79. The Bertz CT molecular complexity index is 1210. The minimum Gasteiger partial charge on any atom is -0.478 e. The molecular weight excluding hydrogens is 496 g/mol. The van der Waals surface area contributed by atoms with Gasteiger partial charge in [-0.05, 0) is 77.8 Å². The zero-order chi connectivity index (χ0) is 28.1. The number of hydrogen-bond acceptors (Lipinski definition) is 6. The van der Waals surface area contributed by atoms with E-state index in [1.165, 1.54) is 6.42 Å². The molecule has 1 aliphatic heterocycles. The van der Waals surface area contributed by atoms with Crippen LogP contribution in [0.5, 0.6) is 0 Å². The van der Waals surface area contributed by atoms with Gasteiger partial charge >= 0.3 is 5.97 Å². The third kappa shape index (κ3) is 5.11. The van der Waals surface area contributed by atoms with E-state index in [1.54, 1.807) is 36.3 Å². The second kappa shape index (κ2) is 10.7. The summed E-state index contributed by atoms with van der Waals surface area (Å²) in [6.07, 6.45) is 0.633. The Kier molecular flexibility index (Phi) is 7.59. The summed E-state index contributed by atoms with van der Waals surface area (Å²) < 4.78 is 0. The molecule has 4 fully saturated rings. The smallest absolute Gasteiger partial charge is 0.335 e. The lowest BCUT2D eigenvalue weighted by atomic mass is 9.45. The number of amides is 1. The number of carboxylic acid groups (broad SMARTS) is 1. The van der Waals surface area contributed by atoms with E-state index in [0.717, 1.165) is 23.1 Å². The summed E-state index contributed by atoms with van der Waals surface area (Å²) in [6.45, 7) is 8.52. The van der Waals surface area contributed by atoms with Crippen molar-refractivity contribution in [2.75, 3.05) is 6.61 Å². The number of aliphatic hydroxyl groups is 2. The second-order valence-corrected chi connectivity index (χ2v) is 12.3. The number of hydroxylamine groups is 2. The van der Waals surface area contributed by atoms with Crippen LogP contribution in [0.15, 0.2) is 48.5 Å². The standard InChI is InChI=1S/C31H40N2O6/c1-17-24-13-23(31(24,3)4)14-25(17)32-29(36)28-27(18(2)35)26(16-34)39-33(28)15-19-6-5-7-22(12-19)20-8-10-21(11-9-20)30(37)38/h5-12,17-18,23-28,34-35H,13-16H2,1-4H3,(H,32,36)(H,37,38)/t17-,18-,23-,24+,25-,26-,27+,28-/m0/s1. The van der Waals surface area contributed by atoms with E-state index in [1.807, 2.05) is 24.3 Å². The number of nitrogens with zero attached hydrogens (tertiary/aromatic N) is 1. The van der Waals surface area contributed by atoms with Gasteiger partial charge in [-0.25, -0.2) is 4.79 Å². The highest BCUT2D eigenvalue weighted by molar-refractivity contribution is 5.88. The minimum absolute atomic E-state index is 0.0797. The molecule has 8 heteroatoms. The van der Waals surface area contributed by atoms with Gasteiger partial charge in [0.2, 0.25) is 5.91 Å². The van der Waals surface area contributed by atoms with Gasteiger partial charge in [0.25, 0.3) is 0 Å². The molecule has 39 heavy (non-hydrogen) atoms. The van der Waals surface area contributed by atoms with E-state index in [0.29, 0.717) is 23.2 Å². The fraction of sp³-hybridized carbons (Fsp3) is 0.548. The van der Waals surface area contributed by atoms with Crippen LogP contribution in [0.3, 0.4) is 0 Å². The summed E-state index contributed by atoms with van der Waals surface area (Å²) in [7, 11) is 0. The van der Waals surface area contributed by atoms with Crippen LogP contribution in [-0.2, 0) is 16.2 Å². The number of aromatic carboxylic acids is 1. The summed E-state index contributed by atoms with van der Waals surface area (Å²) in [4.78, 5) is 31.1. The van der Waals surface area contributed by atoms with Crippen LogP contribution in [0.2, 0.25) is 0 Å². The lowest BCUT2D eigenvalue weighted by molar-refractivity contribution is -0.183. The number of nitrogens with one attached hydrogen (secondary N) is 1. The van der Waals surface area contributed by atoms with Crippen LogP contribution in [0.4, 0.5) is 0 Å². The molecule has 0 unspecified atom stereocenters. The molecule has 0 aromatic heterocycles. The number of carbonyl (C=O) groups excluding carboxylic acids is 1. The minimum atomic E-state index is -0.972. The SMILES string of the molecule is C[C@@H]1[C@@H](NC(=O)[C@@H]2[C@H]([C@H](C)O)[C@H](CO)ON2Cc2cccc(-c3ccc(C(=O)O)cc3)c2)C[C@@H]2C[C@H]1C2(C)C. The molecule has 2 aromatic carbocycles. The van der Waals surface area contributed by atoms with Crippen LogP contribution in [0.1, 0.15) is 56.5 Å². The van der Waals surface area contributed by atoms with Crippen molar-refractivity contribution in [1.29, 1.82) is 0 Å². The Balaban J connectivity index is 1.36. The first-order chi connectivity index (χ1) is 18.5. The molecular formula is C31H40N2O6. The van der Waals surface area contributed by atoms with Gasteiger partial charge in [0.05, 0.1) is 24.8 Å². The Morgan fingerprint density at radius 1 is 1.13 bits per heavy atom. The van der Waals surface area contributed by atoms with Crippen molar-refractivity contribution in [2.45, 2.75) is 71.4 Å². The van der Waals surface area contributed by atoms with Crippen molar-refractivity contribution in [3.05, 3.63) is 59.7 Å². The molecule has 2 bridgehead atoms. The lowest BCUT2D eigenvalue weighted by Gasteiger charge is -2.62. The Hall–Kier alpha value is -2.78. The highest BCUT2D eigenvalue weighted by Crippen LogP contribution is 2.61. The molecule has 8 nitrogen and oxygen atoms in total. The number of carbonyl (C=O) groups is 2. The molecule has 1 heterocycles. The van der Waals surface area contributed by atoms with Gasteiger partial charge in [-0.1, -0.05) is 51.1 Å². The molecule has 210 valence electrons. The number of carboxylic acids is 1. The first kappa shape index (κ1) is 27.8. The summed E-state index contributed by atoms with van der Waals surface area (Å²) in [5.41, 5.74) is 3.22. The molecule has 6 rings (SSSR count). The predicted molar refractivity (Wildman–Crippen MR) is 146 cm³/mol. The maximum Gasteiger partial charge on any atom is 0.335 e. The number of fused-ring (bicyclic) bond motifs is 2. The van der Waals surface area contributed by atoms with Gasteiger partial charge < -0.3 is 20.6 Å². The number of hydrogen-bond donors (Lipinski definition) is 4. The fourth-order valence-electron chi connectivity index (χ4n) is 7.32. The lowest BCUT2D eigenvalue weighted by Crippen LogP contribution is -2.62. The predicted octanol–water partition coefficient (Wildman–Crippen LogP) is 3.71. The first-order valence-electron chi connectivity index (χ1n) is 14.0. The zero-order valence-corrected chi connectivity index (χ0v) is 23.1. The van der Waals surface area contributed by atoms with Crippen molar-refractivity contribution in [2.24, 2.45) is 29.1 Å². The molecule has 3 aliphatic carbocycles. The van der Waals surface area contributed by atoms with E-state index < -0.39 is 30.1 Å². The quantitative estimate of drug-likeness (QED) is 0.406. The fourth-order valence-corrected chi connectivity index (χ4v) is 7.32. The molecule has 0 radical (unpaired) electrons.